The smallest absolute Gasteiger partial charge is 0.125 e. The number of nitrogens with zero attached hydrogens (tertiary/aromatic N) is 1. The van der Waals surface area contributed by atoms with Gasteiger partial charge in [0.1, 0.15) is 5.82 Å². The Balaban J connectivity index is 1.80. The molecule has 1 aromatic heterocycles. The Hall–Kier alpha value is -0.570. The highest BCUT2D eigenvalue weighted by Gasteiger charge is 2.18. The maximum Gasteiger partial charge on any atom is 0.125 e. The molecule has 2 rings (SSSR count). The Kier molecular flexibility index (Phi) is 4.22. The van der Waals surface area contributed by atoms with Crippen molar-refractivity contribution in [3.63, 3.8) is 0 Å². The van der Waals surface area contributed by atoms with E-state index in [-0.39, 0.29) is 0 Å². The third-order valence-corrected chi connectivity index (χ3v) is 3.81. The van der Waals surface area contributed by atoms with E-state index in [1.807, 2.05) is 18.3 Å². The molecule has 0 spiro atoms. The molecule has 1 saturated carbocycles. The molecule has 1 heterocycles. The summed E-state index contributed by atoms with van der Waals surface area (Å²) in [6.07, 6.45) is 7.37. The lowest BCUT2D eigenvalue weighted by Crippen LogP contribution is -2.21. The van der Waals surface area contributed by atoms with Gasteiger partial charge < -0.3 is 5.32 Å². The van der Waals surface area contributed by atoms with Gasteiger partial charge in [-0.2, -0.15) is 0 Å². The first-order valence-electron chi connectivity index (χ1n) is 6.09. The van der Waals surface area contributed by atoms with Crippen LogP contribution in [0, 0.1) is 11.8 Å². The molecule has 3 heteroatoms. The van der Waals surface area contributed by atoms with Gasteiger partial charge in [-0.1, -0.05) is 19.8 Å². The summed E-state index contributed by atoms with van der Waals surface area (Å²) in [5.74, 6) is 2.72. The molecule has 0 amide bonds. The average molecular weight is 283 g/mol. The zero-order chi connectivity index (χ0) is 11.4. The molecular formula is C13H19BrN2. The second-order valence-electron chi connectivity index (χ2n) is 4.88. The summed E-state index contributed by atoms with van der Waals surface area (Å²) in [5.41, 5.74) is 0. The number of halogens is 1. The molecule has 0 radical (unpaired) electrons. The monoisotopic (exact) mass is 282 g/mol. The van der Waals surface area contributed by atoms with Crippen LogP contribution in [0.1, 0.15) is 32.6 Å². The molecule has 2 nitrogen and oxygen atoms in total. The van der Waals surface area contributed by atoms with Crippen molar-refractivity contribution in [2.24, 2.45) is 11.8 Å². The third-order valence-electron chi connectivity index (χ3n) is 3.34. The fourth-order valence-electron chi connectivity index (χ4n) is 2.47. The standard InChI is InChI=1S/C13H19BrN2/c1-10-3-2-4-11(7-10)8-15-13-6-5-12(14)9-16-13/h5-6,9-11H,2-4,7-8H2,1H3,(H,15,16). The molecule has 1 fully saturated rings. The quantitative estimate of drug-likeness (QED) is 0.904. The van der Waals surface area contributed by atoms with Crippen molar-refractivity contribution in [2.45, 2.75) is 32.6 Å². The Morgan fingerprint density at radius 3 is 3.00 bits per heavy atom. The minimum atomic E-state index is 0.828. The second kappa shape index (κ2) is 5.67. The Morgan fingerprint density at radius 2 is 2.31 bits per heavy atom. The van der Waals surface area contributed by atoms with Crippen molar-refractivity contribution in [2.75, 3.05) is 11.9 Å². The van der Waals surface area contributed by atoms with E-state index < -0.39 is 0 Å². The fraction of sp³-hybridized carbons (Fsp3) is 0.615. The minimum Gasteiger partial charge on any atom is -0.370 e. The van der Waals surface area contributed by atoms with Gasteiger partial charge in [-0.05, 0) is 52.7 Å². The fourth-order valence-corrected chi connectivity index (χ4v) is 2.71. The lowest BCUT2D eigenvalue weighted by Gasteiger charge is -2.26. The van der Waals surface area contributed by atoms with Gasteiger partial charge in [-0.3, -0.25) is 0 Å². The number of pyridine rings is 1. The molecule has 1 aliphatic carbocycles. The molecular weight excluding hydrogens is 264 g/mol. The molecule has 0 aromatic carbocycles. The molecule has 88 valence electrons. The zero-order valence-corrected chi connectivity index (χ0v) is 11.3. The molecule has 2 atom stereocenters. The van der Waals surface area contributed by atoms with E-state index >= 15 is 0 Å². The highest BCUT2D eigenvalue weighted by Crippen LogP contribution is 2.28. The van der Waals surface area contributed by atoms with Gasteiger partial charge in [0.05, 0.1) is 0 Å². The van der Waals surface area contributed by atoms with E-state index in [9.17, 15) is 0 Å². The summed E-state index contributed by atoms with van der Waals surface area (Å²) in [5, 5.41) is 3.43. The van der Waals surface area contributed by atoms with Crippen LogP contribution >= 0.6 is 15.9 Å². The first-order chi connectivity index (χ1) is 7.74. The number of hydrogen-bond donors (Lipinski definition) is 1. The number of nitrogens with one attached hydrogen (secondary N) is 1. The van der Waals surface area contributed by atoms with Crippen LogP contribution in [0.15, 0.2) is 22.8 Å². The lowest BCUT2D eigenvalue weighted by atomic mass is 9.82. The summed E-state index contributed by atoms with van der Waals surface area (Å²) < 4.78 is 1.03. The van der Waals surface area contributed by atoms with Crippen LogP contribution in [0.4, 0.5) is 5.82 Å². The molecule has 1 N–H and O–H groups in total. The van der Waals surface area contributed by atoms with Crippen LogP contribution in [0.2, 0.25) is 0 Å². The molecule has 16 heavy (non-hydrogen) atoms. The number of anilines is 1. The molecule has 1 aliphatic rings. The molecule has 2 unspecified atom stereocenters. The van der Waals surface area contributed by atoms with Crippen molar-refractivity contribution >= 4 is 21.7 Å². The van der Waals surface area contributed by atoms with Crippen molar-refractivity contribution < 1.29 is 0 Å². The summed E-state index contributed by atoms with van der Waals surface area (Å²) in [6.45, 7) is 3.43. The molecule has 1 aromatic rings. The summed E-state index contributed by atoms with van der Waals surface area (Å²) in [7, 11) is 0. The average Bonchev–Trinajstić information content (AvgIpc) is 2.28. The van der Waals surface area contributed by atoms with E-state index in [4.69, 9.17) is 0 Å². The Morgan fingerprint density at radius 1 is 1.44 bits per heavy atom. The predicted molar refractivity (Wildman–Crippen MR) is 71.5 cm³/mol. The molecule has 0 aliphatic heterocycles. The molecule has 0 saturated heterocycles. The maximum atomic E-state index is 4.32. The Bertz CT molecular complexity index is 323. The van der Waals surface area contributed by atoms with Crippen molar-refractivity contribution in [3.8, 4) is 0 Å². The minimum absolute atomic E-state index is 0.828. The van der Waals surface area contributed by atoms with Crippen molar-refractivity contribution in [1.82, 2.24) is 4.98 Å². The highest BCUT2D eigenvalue weighted by molar-refractivity contribution is 9.10. The molecule has 0 bridgehead atoms. The second-order valence-corrected chi connectivity index (χ2v) is 5.80. The van der Waals surface area contributed by atoms with Gasteiger partial charge >= 0.3 is 0 Å². The largest absolute Gasteiger partial charge is 0.370 e. The summed E-state index contributed by atoms with van der Waals surface area (Å²) >= 11 is 3.39. The van der Waals surface area contributed by atoms with Crippen molar-refractivity contribution in [1.29, 1.82) is 0 Å². The van der Waals surface area contributed by atoms with Crippen LogP contribution in [-0.2, 0) is 0 Å². The van der Waals surface area contributed by atoms with Gasteiger partial charge in [-0.25, -0.2) is 4.98 Å². The van der Waals surface area contributed by atoms with Gasteiger partial charge in [-0.15, -0.1) is 0 Å². The number of rotatable bonds is 3. The summed E-state index contributed by atoms with van der Waals surface area (Å²) in [6, 6.07) is 4.05. The lowest BCUT2D eigenvalue weighted by molar-refractivity contribution is 0.293. The van der Waals surface area contributed by atoms with Gasteiger partial charge in [0.2, 0.25) is 0 Å². The summed E-state index contributed by atoms with van der Waals surface area (Å²) in [4.78, 5) is 4.32. The van der Waals surface area contributed by atoms with E-state index in [1.54, 1.807) is 0 Å². The SMILES string of the molecule is CC1CCCC(CNc2ccc(Br)cn2)C1. The van der Waals surface area contributed by atoms with E-state index in [1.165, 1.54) is 25.7 Å². The zero-order valence-electron chi connectivity index (χ0n) is 9.75. The van der Waals surface area contributed by atoms with E-state index in [0.717, 1.165) is 28.7 Å². The van der Waals surface area contributed by atoms with Crippen LogP contribution in [-0.4, -0.2) is 11.5 Å². The predicted octanol–water partition coefficient (Wildman–Crippen LogP) is 4.08. The van der Waals surface area contributed by atoms with E-state index in [2.05, 4.69) is 33.2 Å². The number of aromatic nitrogens is 1. The Labute approximate surface area is 106 Å². The highest BCUT2D eigenvalue weighted by atomic mass is 79.9. The van der Waals surface area contributed by atoms with Crippen LogP contribution < -0.4 is 5.32 Å². The maximum absolute atomic E-state index is 4.32. The first kappa shape index (κ1) is 11.9. The van der Waals surface area contributed by atoms with Crippen LogP contribution in [0.25, 0.3) is 0 Å². The van der Waals surface area contributed by atoms with Gasteiger partial charge in [0.25, 0.3) is 0 Å². The van der Waals surface area contributed by atoms with Gasteiger partial charge in [0, 0.05) is 17.2 Å². The van der Waals surface area contributed by atoms with E-state index in [0.29, 0.717) is 0 Å². The number of hydrogen-bond acceptors (Lipinski definition) is 2. The van der Waals surface area contributed by atoms with Crippen LogP contribution in [0.3, 0.4) is 0 Å². The first-order valence-corrected chi connectivity index (χ1v) is 6.89. The van der Waals surface area contributed by atoms with Crippen molar-refractivity contribution in [3.05, 3.63) is 22.8 Å². The van der Waals surface area contributed by atoms with Crippen LogP contribution in [0.5, 0.6) is 0 Å². The normalized spacial score (nSPS) is 25.4. The topological polar surface area (TPSA) is 24.9 Å². The third kappa shape index (κ3) is 3.48. The van der Waals surface area contributed by atoms with Gasteiger partial charge in [0.15, 0.2) is 0 Å².